The van der Waals surface area contributed by atoms with E-state index < -0.39 is 12.1 Å². The number of halogens is 1. The smallest absolute Gasteiger partial charge is 0.330 e. The van der Waals surface area contributed by atoms with Crippen LogP contribution in [0.2, 0.25) is 0 Å². The summed E-state index contributed by atoms with van der Waals surface area (Å²) in [6.45, 7) is 5.56. The van der Waals surface area contributed by atoms with Gasteiger partial charge in [0.25, 0.3) is 0 Å². The Hall–Kier alpha value is -0.640. The second kappa shape index (κ2) is 4.26. The average Bonchev–Trinajstić information content (AvgIpc) is 2.50. The molecule has 0 amide bonds. The molecule has 3 nitrogen and oxygen atoms in total. The van der Waals surface area contributed by atoms with Crippen molar-refractivity contribution in [3.8, 4) is 0 Å². The van der Waals surface area contributed by atoms with E-state index in [1.165, 1.54) is 5.06 Å². The van der Waals surface area contributed by atoms with Gasteiger partial charge < -0.3 is 4.84 Å². The predicted octanol–water partition coefficient (Wildman–Crippen LogP) is 1.92. The standard InChI is InChI=1S/C10H18FNO2/c1-10(2,3)9(13)14-12-6-4-5-8(12)7-11/h8H,4-7H2,1-3H3/t8-/m1/s1. The SMILES string of the molecule is CC(C)(C)C(=O)ON1CCC[C@@H]1CF. The Morgan fingerprint density at radius 1 is 1.57 bits per heavy atom. The van der Waals surface area contributed by atoms with Crippen molar-refractivity contribution in [1.29, 1.82) is 0 Å². The zero-order chi connectivity index (χ0) is 10.8. The Balaban J connectivity index is 2.48. The van der Waals surface area contributed by atoms with Crippen molar-refractivity contribution >= 4 is 5.97 Å². The van der Waals surface area contributed by atoms with E-state index in [-0.39, 0.29) is 12.0 Å². The molecular weight excluding hydrogens is 185 g/mol. The van der Waals surface area contributed by atoms with E-state index in [0.29, 0.717) is 6.54 Å². The summed E-state index contributed by atoms with van der Waals surface area (Å²) in [6.07, 6.45) is 1.67. The van der Waals surface area contributed by atoms with Crippen LogP contribution in [0.5, 0.6) is 0 Å². The molecule has 0 saturated carbocycles. The molecule has 14 heavy (non-hydrogen) atoms. The quantitative estimate of drug-likeness (QED) is 0.686. The zero-order valence-electron chi connectivity index (χ0n) is 9.05. The highest BCUT2D eigenvalue weighted by molar-refractivity contribution is 5.75. The van der Waals surface area contributed by atoms with Crippen molar-refractivity contribution in [1.82, 2.24) is 5.06 Å². The lowest BCUT2D eigenvalue weighted by atomic mass is 9.98. The van der Waals surface area contributed by atoms with E-state index in [1.54, 1.807) is 20.8 Å². The minimum atomic E-state index is -0.524. The van der Waals surface area contributed by atoms with Crippen LogP contribution >= 0.6 is 0 Å². The van der Waals surface area contributed by atoms with Gasteiger partial charge in [-0.1, -0.05) is 0 Å². The third kappa shape index (κ3) is 2.67. The molecule has 1 aliphatic heterocycles. The van der Waals surface area contributed by atoms with Gasteiger partial charge in [-0.25, -0.2) is 9.18 Å². The molecule has 0 aromatic carbocycles. The van der Waals surface area contributed by atoms with E-state index in [1.807, 2.05) is 0 Å². The van der Waals surface area contributed by atoms with Gasteiger partial charge in [0.1, 0.15) is 6.67 Å². The monoisotopic (exact) mass is 203 g/mol. The molecule has 1 atom stereocenters. The molecule has 1 heterocycles. The minimum absolute atomic E-state index is 0.235. The number of hydrogen-bond acceptors (Lipinski definition) is 3. The van der Waals surface area contributed by atoms with Gasteiger partial charge in [0.2, 0.25) is 0 Å². The topological polar surface area (TPSA) is 29.5 Å². The first-order valence-electron chi connectivity index (χ1n) is 5.00. The van der Waals surface area contributed by atoms with Crippen molar-refractivity contribution in [2.24, 2.45) is 5.41 Å². The number of carbonyl (C=O) groups excluding carboxylic acids is 1. The number of carbonyl (C=O) groups is 1. The van der Waals surface area contributed by atoms with E-state index in [9.17, 15) is 9.18 Å². The average molecular weight is 203 g/mol. The fourth-order valence-electron chi connectivity index (χ4n) is 1.33. The third-order valence-electron chi connectivity index (χ3n) is 2.31. The van der Waals surface area contributed by atoms with Crippen molar-refractivity contribution in [2.45, 2.75) is 39.7 Å². The summed E-state index contributed by atoms with van der Waals surface area (Å²) in [5.74, 6) is -0.294. The molecule has 0 N–H and O–H groups in total. The van der Waals surface area contributed by atoms with Crippen LogP contribution in [0.3, 0.4) is 0 Å². The van der Waals surface area contributed by atoms with Crippen LogP contribution in [0.4, 0.5) is 4.39 Å². The largest absolute Gasteiger partial charge is 0.367 e. The second-order valence-electron chi connectivity index (χ2n) is 4.72. The third-order valence-corrected chi connectivity index (χ3v) is 2.31. The highest BCUT2D eigenvalue weighted by Crippen LogP contribution is 2.22. The van der Waals surface area contributed by atoms with Gasteiger partial charge >= 0.3 is 5.97 Å². The first-order chi connectivity index (χ1) is 6.45. The summed E-state index contributed by atoms with van der Waals surface area (Å²) in [4.78, 5) is 16.6. The van der Waals surface area contributed by atoms with Crippen LogP contribution in [0.1, 0.15) is 33.6 Å². The maximum atomic E-state index is 12.5. The lowest BCUT2D eigenvalue weighted by Gasteiger charge is -2.25. The Kier molecular flexibility index (Phi) is 3.48. The minimum Gasteiger partial charge on any atom is -0.367 e. The van der Waals surface area contributed by atoms with E-state index >= 15 is 0 Å². The molecule has 0 aromatic rings. The van der Waals surface area contributed by atoms with Crippen LogP contribution < -0.4 is 0 Å². The molecule has 1 saturated heterocycles. The molecule has 82 valence electrons. The first-order valence-corrected chi connectivity index (χ1v) is 5.00. The van der Waals surface area contributed by atoms with E-state index in [4.69, 9.17) is 4.84 Å². The molecule has 1 aliphatic rings. The fraction of sp³-hybridized carbons (Fsp3) is 0.900. The molecule has 0 unspecified atom stereocenters. The van der Waals surface area contributed by atoms with E-state index in [0.717, 1.165) is 12.8 Å². The molecule has 0 aliphatic carbocycles. The van der Waals surface area contributed by atoms with Crippen molar-refractivity contribution in [2.75, 3.05) is 13.2 Å². The van der Waals surface area contributed by atoms with Gasteiger partial charge in [0.15, 0.2) is 0 Å². The lowest BCUT2D eigenvalue weighted by Crippen LogP contribution is -2.37. The molecule has 1 fully saturated rings. The van der Waals surface area contributed by atoms with Gasteiger partial charge in [-0.05, 0) is 33.6 Å². The highest BCUT2D eigenvalue weighted by atomic mass is 19.1. The summed E-state index contributed by atoms with van der Waals surface area (Å²) in [6, 6.07) is -0.235. The summed E-state index contributed by atoms with van der Waals surface area (Å²) < 4.78 is 12.5. The molecule has 4 heteroatoms. The lowest BCUT2D eigenvalue weighted by molar-refractivity contribution is -0.205. The highest BCUT2D eigenvalue weighted by Gasteiger charge is 2.32. The van der Waals surface area contributed by atoms with Crippen LogP contribution in [0.25, 0.3) is 0 Å². The number of rotatable bonds is 2. The molecule has 0 aromatic heterocycles. The maximum Gasteiger partial charge on any atom is 0.330 e. The van der Waals surface area contributed by atoms with Crippen LogP contribution in [-0.4, -0.2) is 30.3 Å². The van der Waals surface area contributed by atoms with Gasteiger partial charge in [0.05, 0.1) is 11.5 Å². The summed E-state index contributed by atoms with van der Waals surface area (Å²) >= 11 is 0. The summed E-state index contributed by atoms with van der Waals surface area (Å²) in [5, 5.41) is 1.48. The predicted molar refractivity (Wildman–Crippen MR) is 51.3 cm³/mol. The van der Waals surface area contributed by atoms with Crippen molar-refractivity contribution < 1.29 is 14.0 Å². The second-order valence-corrected chi connectivity index (χ2v) is 4.72. The van der Waals surface area contributed by atoms with Crippen molar-refractivity contribution in [3.63, 3.8) is 0 Å². The van der Waals surface area contributed by atoms with Crippen LogP contribution in [-0.2, 0) is 9.63 Å². The van der Waals surface area contributed by atoms with E-state index in [2.05, 4.69) is 0 Å². The Labute approximate surface area is 84.2 Å². The number of alkyl halides is 1. The Morgan fingerprint density at radius 2 is 2.21 bits per heavy atom. The fourth-order valence-corrected chi connectivity index (χ4v) is 1.33. The molecule has 0 spiro atoms. The molecule has 1 rings (SSSR count). The maximum absolute atomic E-state index is 12.5. The Morgan fingerprint density at radius 3 is 2.71 bits per heavy atom. The Bertz CT molecular complexity index is 213. The molecule has 0 bridgehead atoms. The zero-order valence-corrected chi connectivity index (χ0v) is 9.05. The van der Waals surface area contributed by atoms with Crippen LogP contribution in [0.15, 0.2) is 0 Å². The molecule has 0 radical (unpaired) electrons. The van der Waals surface area contributed by atoms with Gasteiger partial charge in [-0.2, -0.15) is 0 Å². The van der Waals surface area contributed by atoms with Crippen LogP contribution in [0, 0.1) is 5.41 Å². The summed E-state index contributed by atoms with van der Waals surface area (Å²) in [7, 11) is 0. The normalized spacial score (nSPS) is 23.9. The van der Waals surface area contributed by atoms with Crippen molar-refractivity contribution in [3.05, 3.63) is 0 Å². The summed E-state index contributed by atoms with van der Waals surface area (Å²) in [5.41, 5.74) is -0.524. The number of hydrogen-bond donors (Lipinski definition) is 0. The number of hydroxylamine groups is 2. The van der Waals surface area contributed by atoms with Gasteiger partial charge in [-0.3, -0.25) is 0 Å². The van der Waals surface area contributed by atoms with Gasteiger partial charge in [-0.15, -0.1) is 5.06 Å². The molecular formula is C10H18FNO2. The van der Waals surface area contributed by atoms with Gasteiger partial charge in [0, 0.05) is 6.54 Å². The number of nitrogens with zero attached hydrogens (tertiary/aromatic N) is 1. The first kappa shape index (κ1) is 11.4.